The van der Waals surface area contributed by atoms with Crippen LogP contribution in [0.25, 0.3) is 0 Å². The highest BCUT2D eigenvalue weighted by atomic mass is 15.4. The lowest BCUT2D eigenvalue weighted by Crippen LogP contribution is -2.83. The predicted octanol–water partition coefficient (Wildman–Crippen LogP) is 4.93. The first-order valence-corrected chi connectivity index (χ1v) is 18.1. The molecule has 0 aromatic rings. The maximum atomic E-state index is 4.34. The van der Waals surface area contributed by atoms with E-state index < -0.39 is 0 Å². The Balaban J connectivity index is 1.26. The average molecular weight is 536 g/mol. The zero-order valence-electron chi connectivity index (χ0n) is 24.9. The van der Waals surface area contributed by atoms with Crippen molar-refractivity contribution in [1.29, 1.82) is 0 Å². The summed E-state index contributed by atoms with van der Waals surface area (Å²) < 4.78 is 0. The molecule has 6 heteroatoms. The molecular weight excluding hydrogens is 477 g/mol. The number of hydrogen-bond donors (Lipinski definition) is 4. The molecule has 8 aliphatic rings. The van der Waals surface area contributed by atoms with E-state index in [1.165, 1.54) is 142 Å². The van der Waals surface area contributed by atoms with Gasteiger partial charge in [-0.3, -0.25) is 4.90 Å². The molecule has 0 bridgehead atoms. The SMILES string of the molecule is C1CCC(B2C3NCCCC3C3(C4CCCNC24)C2CCCNC2N(C2CCCCC2)C2NCCCC23)CC1. The maximum Gasteiger partial charge on any atom is 0.183 e. The summed E-state index contributed by atoms with van der Waals surface area (Å²) in [7, 11) is 0. The maximum absolute atomic E-state index is 4.34. The zero-order chi connectivity index (χ0) is 25.8. The molecule has 4 N–H and O–H groups in total. The molecule has 6 heterocycles. The van der Waals surface area contributed by atoms with E-state index in [1.807, 2.05) is 0 Å². The molecule has 0 aromatic carbocycles. The number of fused-ring (bicyclic) bond motifs is 8. The molecule has 39 heavy (non-hydrogen) atoms. The van der Waals surface area contributed by atoms with Crippen molar-refractivity contribution in [3.05, 3.63) is 0 Å². The third-order valence-electron chi connectivity index (χ3n) is 14.1. The van der Waals surface area contributed by atoms with Crippen LogP contribution in [0.1, 0.15) is 116 Å². The molecule has 1 spiro atoms. The lowest BCUT2D eigenvalue weighted by molar-refractivity contribution is -0.225. The molecule has 6 aliphatic heterocycles. The molecule has 218 valence electrons. The quantitative estimate of drug-likeness (QED) is 0.378. The number of hydrogen-bond acceptors (Lipinski definition) is 5. The summed E-state index contributed by atoms with van der Waals surface area (Å²) in [6.07, 6.45) is 27.5. The summed E-state index contributed by atoms with van der Waals surface area (Å²) in [4.78, 5) is 3.13. The molecule has 8 unspecified atom stereocenters. The molecule has 0 aromatic heterocycles. The molecule has 0 radical (unpaired) electrons. The number of nitrogens with one attached hydrogen (secondary N) is 4. The van der Waals surface area contributed by atoms with Crippen LogP contribution < -0.4 is 21.3 Å². The Kier molecular flexibility index (Phi) is 7.59. The molecule has 2 saturated carbocycles. The van der Waals surface area contributed by atoms with Crippen molar-refractivity contribution in [2.45, 2.75) is 152 Å². The Morgan fingerprint density at radius 3 is 1.46 bits per heavy atom. The van der Waals surface area contributed by atoms with Gasteiger partial charge in [-0.15, -0.1) is 0 Å². The van der Waals surface area contributed by atoms with Gasteiger partial charge in [0.1, 0.15) is 0 Å². The molecule has 5 nitrogen and oxygen atoms in total. The van der Waals surface area contributed by atoms with Crippen molar-refractivity contribution in [1.82, 2.24) is 26.2 Å². The van der Waals surface area contributed by atoms with Crippen molar-refractivity contribution >= 4 is 6.71 Å². The standard InChI is InChI=1S/C33H58BN5/c1-3-11-23(12-4-1)34-29-25(15-7-19-35-29)33(26-16-8-20-36-30(26)34)27-17-9-21-37-31(27)39(24-13-5-2-6-14-24)32-28(33)18-10-22-38-32/h23-32,35-38H,1-22H2. The number of rotatable bonds is 2. The zero-order valence-corrected chi connectivity index (χ0v) is 24.9. The second-order valence-electron chi connectivity index (χ2n) is 15.5. The first-order chi connectivity index (χ1) is 19.4. The Morgan fingerprint density at radius 2 is 0.923 bits per heavy atom. The van der Waals surface area contributed by atoms with E-state index >= 15 is 0 Å². The van der Waals surface area contributed by atoms with Gasteiger partial charge in [-0.2, -0.15) is 0 Å². The van der Waals surface area contributed by atoms with E-state index in [1.54, 1.807) is 0 Å². The molecule has 0 amide bonds. The average Bonchev–Trinajstić information content (AvgIpc) is 3.02. The van der Waals surface area contributed by atoms with E-state index in [4.69, 9.17) is 0 Å². The van der Waals surface area contributed by atoms with Gasteiger partial charge in [0, 0.05) is 6.04 Å². The lowest BCUT2D eigenvalue weighted by Gasteiger charge is -2.74. The molecule has 8 rings (SSSR count). The van der Waals surface area contributed by atoms with Crippen LogP contribution in [-0.4, -0.2) is 68.0 Å². The minimum absolute atomic E-state index is 0.489. The van der Waals surface area contributed by atoms with Gasteiger partial charge in [0.15, 0.2) is 6.71 Å². The molecule has 2 aliphatic carbocycles. The van der Waals surface area contributed by atoms with Gasteiger partial charge in [-0.1, -0.05) is 57.2 Å². The van der Waals surface area contributed by atoms with Gasteiger partial charge in [0.05, 0.1) is 12.3 Å². The summed E-state index contributed by atoms with van der Waals surface area (Å²) in [6, 6.07) is 0.798. The van der Waals surface area contributed by atoms with Gasteiger partial charge >= 0.3 is 0 Å². The molecule has 6 saturated heterocycles. The summed E-state index contributed by atoms with van der Waals surface area (Å²) in [5, 5.41) is 17.3. The van der Waals surface area contributed by atoms with Crippen LogP contribution in [0.15, 0.2) is 0 Å². The first kappa shape index (κ1) is 26.5. The minimum atomic E-state index is 0.489. The minimum Gasteiger partial charge on any atom is -0.321 e. The van der Waals surface area contributed by atoms with Gasteiger partial charge in [0.25, 0.3) is 0 Å². The first-order valence-electron chi connectivity index (χ1n) is 18.1. The van der Waals surface area contributed by atoms with Crippen LogP contribution >= 0.6 is 0 Å². The van der Waals surface area contributed by atoms with Crippen LogP contribution in [0.4, 0.5) is 0 Å². The van der Waals surface area contributed by atoms with Crippen molar-refractivity contribution in [3.63, 3.8) is 0 Å². The van der Waals surface area contributed by atoms with E-state index in [0.717, 1.165) is 54.1 Å². The Hall–Kier alpha value is -0.135. The van der Waals surface area contributed by atoms with Gasteiger partial charge in [-0.05, 0) is 131 Å². The van der Waals surface area contributed by atoms with Crippen LogP contribution in [0.2, 0.25) is 5.82 Å². The van der Waals surface area contributed by atoms with E-state index in [9.17, 15) is 0 Å². The van der Waals surface area contributed by atoms with Crippen molar-refractivity contribution < 1.29 is 0 Å². The Bertz CT molecular complexity index is 722. The largest absolute Gasteiger partial charge is 0.321 e. The topological polar surface area (TPSA) is 51.4 Å². The fourth-order valence-corrected chi connectivity index (χ4v) is 13.2. The van der Waals surface area contributed by atoms with Gasteiger partial charge in [0.2, 0.25) is 0 Å². The molecule has 8 fully saturated rings. The molecular formula is C33H58BN5. The van der Waals surface area contributed by atoms with Crippen molar-refractivity contribution in [2.24, 2.45) is 29.1 Å². The second-order valence-corrected chi connectivity index (χ2v) is 15.5. The summed E-state index contributed by atoms with van der Waals surface area (Å²) in [5.74, 6) is 5.89. The smallest absolute Gasteiger partial charge is 0.183 e. The predicted molar refractivity (Wildman–Crippen MR) is 162 cm³/mol. The van der Waals surface area contributed by atoms with Crippen LogP contribution in [0.5, 0.6) is 0 Å². The van der Waals surface area contributed by atoms with Gasteiger partial charge < -0.3 is 21.3 Å². The van der Waals surface area contributed by atoms with Gasteiger partial charge in [-0.25, -0.2) is 0 Å². The van der Waals surface area contributed by atoms with Crippen molar-refractivity contribution in [2.75, 3.05) is 26.2 Å². The second kappa shape index (κ2) is 11.2. The number of piperidine rings is 5. The van der Waals surface area contributed by atoms with E-state index in [0.29, 0.717) is 17.7 Å². The summed E-state index contributed by atoms with van der Waals surface area (Å²) in [5.41, 5.74) is 0.489. The number of nitrogens with zero attached hydrogens (tertiary/aromatic N) is 1. The third-order valence-corrected chi connectivity index (χ3v) is 14.1. The van der Waals surface area contributed by atoms with Crippen LogP contribution in [-0.2, 0) is 0 Å². The van der Waals surface area contributed by atoms with Crippen LogP contribution in [0.3, 0.4) is 0 Å². The highest BCUT2D eigenvalue weighted by molar-refractivity contribution is 6.64. The highest BCUT2D eigenvalue weighted by Gasteiger charge is 2.71. The van der Waals surface area contributed by atoms with E-state index in [-0.39, 0.29) is 0 Å². The fraction of sp³-hybridized carbons (Fsp3) is 1.00. The van der Waals surface area contributed by atoms with Crippen LogP contribution in [0, 0.1) is 29.1 Å². The van der Waals surface area contributed by atoms with Crippen molar-refractivity contribution in [3.8, 4) is 0 Å². The monoisotopic (exact) mass is 535 g/mol. The summed E-state index contributed by atoms with van der Waals surface area (Å²) in [6.45, 7) is 5.88. The summed E-state index contributed by atoms with van der Waals surface area (Å²) >= 11 is 0. The lowest BCUT2D eigenvalue weighted by atomic mass is 9.19. The third kappa shape index (κ3) is 4.19. The fourth-order valence-electron chi connectivity index (χ4n) is 13.2. The molecule has 8 atom stereocenters. The van der Waals surface area contributed by atoms with E-state index in [2.05, 4.69) is 26.2 Å². The normalized spacial score (nSPS) is 48.2. The highest BCUT2D eigenvalue weighted by Crippen LogP contribution is 2.66. The Morgan fingerprint density at radius 1 is 0.462 bits per heavy atom. The number of likely N-dealkylation sites (tertiary alicyclic amines) is 1. The Labute approximate surface area is 239 Å².